The Morgan fingerprint density at radius 1 is 0.864 bits per heavy atom. The Kier molecular flexibility index (Phi) is 4.47. The largest absolute Gasteiger partial charge is 0.265 e. The van der Waals surface area contributed by atoms with E-state index in [0.717, 1.165) is 12.8 Å². The molecule has 0 unspecified atom stereocenters. The Morgan fingerprint density at radius 2 is 1.45 bits per heavy atom. The zero-order valence-electron chi connectivity index (χ0n) is 13.2. The second kappa shape index (κ2) is 6.69. The normalized spacial score (nSPS) is 27.0. The summed E-state index contributed by atoms with van der Waals surface area (Å²) < 4.78 is 0. The van der Waals surface area contributed by atoms with Crippen LogP contribution >= 0.6 is 0 Å². The molecule has 0 saturated carbocycles. The molecule has 0 aromatic carbocycles. The zero-order chi connectivity index (χ0) is 15.4. The summed E-state index contributed by atoms with van der Waals surface area (Å²) in [6, 6.07) is 8.45. The number of pyridine rings is 2. The van der Waals surface area contributed by atoms with Gasteiger partial charge in [0.1, 0.15) is 0 Å². The third kappa shape index (κ3) is 3.33. The number of aromatic nitrogens is 2. The van der Waals surface area contributed by atoms with E-state index in [9.17, 15) is 0 Å². The molecule has 2 heteroatoms. The van der Waals surface area contributed by atoms with Crippen LogP contribution in [-0.4, -0.2) is 9.97 Å². The topological polar surface area (TPSA) is 25.8 Å². The Hall–Kier alpha value is -2.22. The third-order valence-electron chi connectivity index (χ3n) is 4.32. The Bertz CT molecular complexity index is 671. The predicted molar refractivity (Wildman–Crippen MR) is 92.0 cm³/mol. The monoisotopic (exact) mass is 290 g/mol. The van der Waals surface area contributed by atoms with Crippen molar-refractivity contribution in [2.45, 2.75) is 26.7 Å². The molecule has 0 aliphatic heterocycles. The molecule has 2 nitrogen and oxygen atoms in total. The molecule has 112 valence electrons. The molecule has 1 aliphatic carbocycles. The summed E-state index contributed by atoms with van der Waals surface area (Å²) in [5, 5.41) is 0. The van der Waals surface area contributed by atoms with Crippen molar-refractivity contribution in [3.8, 4) is 0 Å². The average Bonchev–Trinajstić information content (AvgIpc) is 2.56. The minimum Gasteiger partial charge on any atom is -0.265 e. The molecule has 0 bridgehead atoms. The second-order valence-corrected chi connectivity index (χ2v) is 6.14. The standard InChI is InChI=1S/C20H22N2/c1-15-13-19(17-5-9-21-10-6-17)4-3-16(2)20(14-15)18-7-11-22-12-8-18/h4-12,14-16H,3,13H2,1-2H3/b19-4+,20-14+/t15-,16-/m0/s1. The van der Waals surface area contributed by atoms with Gasteiger partial charge in [-0.2, -0.15) is 0 Å². The number of allylic oxidation sites excluding steroid dienone is 4. The fourth-order valence-electron chi connectivity index (χ4n) is 3.13. The number of rotatable bonds is 2. The molecule has 0 fully saturated rings. The van der Waals surface area contributed by atoms with Crippen molar-refractivity contribution in [1.29, 1.82) is 0 Å². The third-order valence-corrected chi connectivity index (χ3v) is 4.32. The van der Waals surface area contributed by atoms with Gasteiger partial charge in [0.2, 0.25) is 0 Å². The lowest BCUT2D eigenvalue weighted by Crippen LogP contribution is -2.05. The first-order chi connectivity index (χ1) is 10.7. The molecule has 0 radical (unpaired) electrons. The van der Waals surface area contributed by atoms with Crippen molar-refractivity contribution < 1.29 is 0 Å². The van der Waals surface area contributed by atoms with Gasteiger partial charge in [-0.3, -0.25) is 9.97 Å². The molecule has 2 heterocycles. The van der Waals surface area contributed by atoms with E-state index in [-0.39, 0.29) is 0 Å². The lowest BCUT2D eigenvalue weighted by Gasteiger charge is -2.22. The summed E-state index contributed by atoms with van der Waals surface area (Å²) in [6.45, 7) is 4.61. The first-order valence-electron chi connectivity index (χ1n) is 7.95. The van der Waals surface area contributed by atoms with Crippen molar-refractivity contribution in [3.63, 3.8) is 0 Å². The first-order valence-corrected chi connectivity index (χ1v) is 7.95. The summed E-state index contributed by atoms with van der Waals surface area (Å²) in [7, 11) is 0. The molecule has 2 atom stereocenters. The second-order valence-electron chi connectivity index (χ2n) is 6.14. The Morgan fingerprint density at radius 3 is 2.09 bits per heavy atom. The van der Waals surface area contributed by atoms with Gasteiger partial charge in [-0.1, -0.05) is 26.0 Å². The lowest BCUT2D eigenvalue weighted by atomic mass is 9.83. The van der Waals surface area contributed by atoms with Gasteiger partial charge in [0.15, 0.2) is 0 Å². The highest BCUT2D eigenvalue weighted by Gasteiger charge is 2.16. The van der Waals surface area contributed by atoms with Crippen LogP contribution in [0.1, 0.15) is 37.8 Å². The zero-order valence-corrected chi connectivity index (χ0v) is 13.2. The van der Waals surface area contributed by atoms with Crippen LogP contribution in [0.3, 0.4) is 0 Å². The SMILES string of the molecule is C[C@@H]1/C=C(/c2ccncc2)[C@@H](C)C/C=C(/c2ccncc2)C1. The maximum Gasteiger partial charge on any atom is 0.0273 e. The van der Waals surface area contributed by atoms with Gasteiger partial charge >= 0.3 is 0 Å². The van der Waals surface area contributed by atoms with Gasteiger partial charge in [-0.25, -0.2) is 0 Å². The smallest absolute Gasteiger partial charge is 0.0273 e. The van der Waals surface area contributed by atoms with Crippen molar-refractivity contribution in [2.75, 3.05) is 0 Å². The number of hydrogen-bond donors (Lipinski definition) is 0. The molecule has 0 N–H and O–H groups in total. The summed E-state index contributed by atoms with van der Waals surface area (Å²) >= 11 is 0. The molecule has 2 aromatic heterocycles. The molecule has 0 amide bonds. The highest BCUT2D eigenvalue weighted by atomic mass is 14.6. The quantitative estimate of drug-likeness (QED) is 0.777. The van der Waals surface area contributed by atoms with Crippen molar-refractivity contribution >= 4 is 11.1 Å². The molecular formula is C20H22N2. The summed E-state index contributed by atoms with van der Waals surface area (Å²) in [5.41, 5.74) is 5.48. The van der Waals surface area contributed by atoms with E-state index in [1.807, 2.05) is 24.8 Å². The lowest BCUT2D eigenvalue weighted by molar-refractivity contribution is 0.702. The van der Waals surface area contributed by atoms with Crippen LogP contribution in [0.4, 0.5) is 0 Å². The minimum absolute atomic E-state index is 0.516. The maximum absolute atomic E-state index is 4.13. The fourth-order valence-corrected chi connectivity index (χ4v) is 3.13. The van der Waals surface area contributed by atoms with E-state index >= 15 is 0 Å². The van der Waals surface area contributed by atoms with Crippen LogP contribution in [-0.2, 0) is 0 Å². The first kappa shape index (κ1) is 14.7. The summed E-state index contributed by atoms with van der Waals surface area (Å²) in [6.07, 6.45) is 14.5. The van der Waals surface area contributed by atoms with Gasteiger partial charge in [-0.05, 0) is 71.2 Å². The fraction of sp³-hybridized carbons (Fsp3) is 0.300. The summed E-state index contributed by atoms with van der Waals surface area (Å²) in [4.78, 5) is 8.26. The molecule has 1 aliphatic rings. The minimum atomic E-state index is 0.516. The van der Waals surface area contributed by atoms with Crippen LogP contribution in [0, 0.1) is 11.8 Å². The average molecular weight is 290 g/mol. The highest BCUT2D eigenvalue weighted by Crippen LogP contribution is 2.34. The van der Waals surface area contributed by atoms with Crippen LogP contribution < -0.4 is 0 Å². The van der Waals surface area contributed by atoms with Gasteiger partial charge in [-0.15, -0.1) is 0 Å². The van der Waals surface area contributed by atoms with Gasteiger partial charge < -0.3 is 0 Å². The molecule has 3 rings (SSSR count). The van der Waals surface area contributed by atoms with E-state index in [4.69, 9.17) is 0 Å². The molecule has 0 spiro atoms. The number of nitrogens with zero attached hydrogens (tertiary/aromatic N) is 2. The van der Waals surface area contributed by atoms with Gasteiger partial charge in [0, 0.05) is 24.8 Å². The van der Waals surface area contributed by atoms with Crippen LogP contribution in [0.25, 0.3) is 11.1 Å². The van der Waals surface area contributed by atoms with Gasteiger partial charge in [0.25, 0.3) is 0 Å². The van der Waals surface area contributed by atoms with E-state index in [0.29, 0.717) is 11.8 Å². The molecule has 2 aromatic rings. The van der Waals surface area contributed by atoms with Gasteiger partial charge in [0.05, 0.1) is 0 Å². The predicted octanol–water partition coefficient (Wildman–Crippen LogP) is 5.01. The maximum atomic E-state index is 4.13. The Balaban J connectivity index is 1.89. The van der Waals surface area contributed by atoms with E-state index in [2.05, 4.69) is 60.2 Å². The molecular weight excluding hydrogens is 268 g/mol. The van der Waals surface area contributed by atoms with Crippen molar-refractivity contribution in [1.82, 2.24) is 9.97 Å². The van der Waals surface area contributed by atoms with Crippen molar-refractivity contribution in [3.05, 3.63) is 72.3 Å². The van der Waals surface area contributed by atoms with Crippen LogP contribution in [0.2, 0.25) is 0 Å². The van der Waals surface area contributed by atoms with Crippen molar-refractivity contribution in [2.24, 2.45) is 11.8 Å². The van der Waals surface area contributed by atoms with Crippen LogP contribution in [0.15, 0.2) is 61.2 Å². The number of hydrogen-bond acceptors (Lipinski definition) is 2. The summed E-state index contributed by atoms with van der Waals surface area (Å²) in [5.74, 6) is 1.03. The van der Waals surface area contributed by atoms with Crippen LogP contribution in [0.5, 0.6) is 0 Å². The molecule has 0 saturated heterocycles. The highest BCUT2D eigenvalue weighted by molar-refractivity contribution is 5.71. The van der Waals surface area contributed by atoms with E-state index in [1.54, 1.807) is 0 Å². The Labute approximate surface area is 132 Å². The van der Waals surface area contributed by atoms with E-state index in [1.165, 1.54) is 22.3 Å². The van der Waals surface area contributed by atoms with E-state index < -0.39 is 0 Å². The molecule has 22 heavy (non-hydrogen) atoms.